The second-order valence-corrected chi connectivity index (χ2v) is 28.4. The summed E-state index contributed by atoms with van der Waals surface area (Å²) in [6.45, 7) is 9.48. The van der Waals surface area contributed by atoms with Crippen LogP contribution in [-0.2, 0) is 17.3 Å². The molecule has 0 bridgehead atoms. The summed E-state index contributed by atoms with van der Waals surface area (Å²) in [5.41, 5.74) is 26.1. The molecule has 20 rings (SSSR count). The molecule has 14 aromatic carbocycles. The van der Waals surface area contributed by atoms with Gasteiger partial charge in [0.15, 0.2) is 34.9 Å². The topological polar surface area (TPSA) is 82.3 Å². The zero-order valence-electron chi connectivity index (χ0n) is 56.2. The summed E-state index contributed by atoms with van der Waals surface area (Å²) in [6, 6.07) is 111. The molecular weight excluding hydrogens is 1290 g/mol. The van der Waals surface area contributed by atoms with Gasteiger partial charge in [-0.25, -0.2) is 29.9 Å². The molecule has 0 spiro atoms. The number of fused-ring (bicyclic) bond motifs is 16. The molecule has 7 nitrogen and oxygen atoms in total. The normalized spacial score (nSPS) is 13.1. The zero-order chi connectivity index (χ0) is 67.9. The van der Waals surface area contributed by atoms with Crippen LogP contribution in [0.1, 0.15) is 61.1 Å². The van der Waals surface area contributed by atoms with Crippen LogP contribution in [-0.4, -0.2) is 34.5 Å². The van der Waals surface area contributed by atoms with E-state index in [0.717, 1.165) is 50.0 Å². The fraction of sp³-hybridized carbons (Fsp3) is 0.0753. The fourth-order valence-electron chi connectivity index (χ4n) is 15.7. The number of aromatic nitrogens is 7. The third-order valence-corrected chi connectivity index (χ3v) is 21.2. The molecule has 17 aromatic rings. The van der Waals surface area contributed by atoms with E-state index in [0.29, 0.717) is 34.9 Å². The first-order valence-electron chi connectivity index (χ1n) is 34.5. The van der Waals surface area contributed by atoms with Crippen LogP contribution in [0.4, 0.5) is 0 Å². The molecule has 0 radical (unpaired) electrons. The average molecular weight is 1360 g/mol. The van der Waals surface area contributed by atoms with Gasteiger partial charge in [-0.05, 0) is 143 Å². The minimum atomic E-state index is -0.140. The van der Waals surface area contributed by atoms with Crippen molar-refractivity contribution in [1.82, 2.24) is 34.5 Å². The molecule has 0 saturated heterocycles. The fourth-order valence-corrected chi connectivity index (χ4v) is 16.1. The van der Waals surface area contributed by atoms with Gasteiger partial charge in [-0.2, -0.15) is 0 Å². The van der Waals surface area contributed by atoms with Crippen molar-refractivity contribution in [3.8, 4) is 107 Å². The highest BCUT2D eigenvalue weighted by molar-refractivity contribution is 9.10. The molecule has 0 N–H and O–H groups in total. The first-order valence-corrected chi connectivity index (χ1v) is 35.3. The lowest BCUT2D eigenvalue weighted by Gasteiger charge is -2.22. The summed E-state index contributed by atoms with van der Waals surface area (Å²) in [5.74, 6) is 3.95. The van der Waals surface area contributed by atoms with Crippen LogP contribution in [0.25, 0.3) is 151 Å². The molecule has 0 atom stereocenters. The van der Waals surface area contributed by atoms with Crippen LogP contribution in [0.5, 0.6) is 0 Å². The summed E-state index contributed by atoms with van der Waals surface area (Å²) in [7, 11) is 0. The zero-order valence-corrected chi connectivity index (χ0v) is 57.8. The van der Waals surface area contributed by atoms with Gasteiger partial charge < -0.3 is 4.57 Å². The summed E-state index contributed by atoms with van der Waals surface area (Å²) in [4.78, 5) is 29.0. The van der Waals surface area contributed by atoms with E-state index in [1.807, 2.05) is 146 Å². The number of nitrogens with zero attached hydrogens (tertiary/aromatic N) is 7. The number of benzene rings is 14. The Morgan fingerprint density at radius 1 is 0.277 bits per heavy atom. The largest absolute Gasteiger partial charge is 0.309 e. The lowest BCUT2D eigenvalue weighted by Crippen LogP contribution is -2.15. The Bertz CT molecular complexity index is 6010. The Kier molecular flexibility index (Phi) is 15.0. The highest BCUT2D eigenvalue weighted by atomic mass is 79.9. The van der Waals surface area contributed by atoms with E-state index in [1.54, 1.807) is 0 Å². The predicted molar refractivity (Wildman–Crippen MR) is 419 cm³/mol. The van der Waals surface area contributed by atoms with Crippen molar-refractivity contribution in [2.75, 3.05) is 0 Å². The van der Waals surface area contributed by atoms with E-state index in [4.69, 9.17) is 24.9 Å². The molecule has 0 unspecified atom stereocenters. The standard InChI is InChI=1S/C46H32N4.C26H20.C21H14BrN3/c1-46(2)38-25-24-29-14-9-10-21-34(29)42(38)37-27-36-35-22-11-12-23-40(35)50(41(36)28-39(37)46)33-20-13-19-32(26-33)45-48-43(30-15-5-3-6-16-30)47-44(49-45)31-17-7-4-8-18-31;1-26(2)23-12-11-16-7-3-6-10-20(16)25(23)22-15-21-18(14-24(22)26)13-17-8-4-5-9-19(17)21;22-18-13-7-12-17(14-18)21-24-19(15-8-3-1-4-9-15)23-20(25-21)16-10-5-2-6-11-16/h3-28H,1-2H3;3-12,14-15H,13H2,1-2H3;1-14H. The molecule has 3 aliphatic rings. The quantitative estimate of drug-likeness (QED) is 0.158. The Morgan fingerprint density at radius 2 is 0.693 bits per heavy atom. The molecule has 0 aliphatic heterocycles. The lowest BCUT2D eigenvalue weighted by atomic mass is 9.81. The summed E-state index contributed by atoms with van der Waals surface area (Å²) >= 11 is 3.52. The maximum Gasteiger partial charge on any atom is 0.164 e. The molecule has 0 fully saturated rings. The van der Waals surface area contributed by atoms with Gasteiger partial charge in [0.1, 0.15) is 0 Å². The van der Waals surface area contributed by atoms with Crippen LogP contribution < -0.4 is 0 Å². The average Bonchev–Trinajstić information content (AvgIpc) is 1.54. The second kappa shape index (κ2) is 24.7. The van der Waals surface area contributed by atoms with Gasteiger partial charge in [-0.15, -0.1) is 0 Å². The summed E-state index contributed by atoms with van der Waals surface area (Å²) in [6.07, 6.45) is 1.06. The third-order valence-electron chi connectivity index (χ3n) is 20.7. The van der Waals surface area contributed by atoms with Crippen LogP contribution in [0.15, 0.2) is 320 Å². The Morgan fingerprint density at radius 3 is 1.22 bits per heavy atom. The number of halogens is 1. The Labute approximate surface area is 595 Å². The van der Waals surface area contributed by atoms with Crippen LogP contribution in [0.3, 0.4) is 0 Å². The summed E-state index contributed by atoms with van der Waals surface area (Å²) < 4.78 is 3.40. The van der Waals surface area contributed by atoms with E-state index >= 15 is 0 Å². The first kappa shape index (κ1) is 61.2. The third kappa shape index (κ3) is 10.7. The summed E-state index contributed by atoms with van der Waals surface area (Å²) in [5, 5.41) is 7.78. The smallest absolute Gasteiger partial charge is 0.164 e. The molecular formula is C93H66BrN7. The maximum atomic E-state index is 5.03. The molecule has 3 aliphatic carbocycles. The molecule has 3 aromatic heterocycles. The van der Waals surface area contributed by atoms with E-state index in [9.17, 15) is 0 Å². The molecule has 480 valence electrons. The van der Waals surface area contributed by atoms with Crippen molar-refractivity contribution in [3.05, 3.63) is 353 Å². The number of hydrogen-bond acceptors (Lipinski definition) is 6. The van der Waals surface area contributed by atoms with Crippen molar-refractivity contribution in [2.24, 2.45) is 0 Å². The van der Waals surface area contributed by atoms with Gasteiger partial charge in [0.05, 0.1) is 11.0 Å². The van der Waals surface area contributed by atoms with Crippen molar-refractivity contribution in [2.45, 2.75) is 44.9 Å². The monoisotopic (exact) mass is 1360 g/mol. The minimum absolute atomic E-state index is 0.0541. The number of rotatable bonds is 7. The van der Waals surface area contributed by atoms with Gasteiger partial charge in [-0.1, -0.05) is 311 Å². The molecule has 0 amide bonds. The second-order valence-electron chi connectivity index (χ2n) is 27.5. The number of para-hydroxylation sites is 1. The van der Waals surface area contributed by atoms with Crippen molar-refractivity contribution < 1.29 is 0 Å². The van der Waals surface area contributed by atoms with Crippen LogP contribution in [0, 0.1) is 0 Å². The van der Waals surface area contributed by atoms with E-state index in [1.165, 1.54) is 110 Å². The van der Waals surface area contributed by atoms with Crippen LogP contribution in [0.2, 0.25) is 0 Å². The molecule has 3 heterocycles. The van der Waals surface area contributed by atoms with Crippen molar-refractivity contribution in [3.63, 3.8) is 0 Å². The van der Waals surface area contributed by atoms with E-state index in [-0.39, 0.29) is 10.8 Å². The highest BCUT2D eigenvalue weighted by Crippen LogP contribution is 2.56. The van der Waals surface area contributed by atoms with E-state index < -0.39 is 0 Å². The van der Waals surface area contributed by atoms with Gasteiger partial charge >= 0.3 is 0 Å². The van der Waals surface area contributed by atoms with Crippen LogP contribution >= 0.6 is 15.9 Å². The molecule has 8 heteroatoms. The predicted octanol–water partition coefficient (Wildman–Crippen LogP) is 23.8. The minimum Gasteiger partial charge on any atom is -0.309 e. The van der Waals surface area contributed by atoms with Gasteiger partial charge in [-0.3, -0.25) is 0 Å². The van der Waals surface area contributed by atoms with E-state index in [2.05, 4.69) is 223 Å². The van der Waals surface area contributed by atoms with Gasteiger partial charge in [0.25, 0.3) is 0 Å². The first-order chi connectivity index (χ1) is 49.5. The Hall–Kier alpha value is -12.1. The lowest BCUT2D eigenvalue weighted by molar-refractivity contribution is 0.660. The van der Waals surface area contributed by atoms with Crippen molar-refractivity contribution >= 4 is 59.3 Å². The van der Waals surface area contributed by atoms with Gasteiger partial charge in [0.2, 0.25) is 0 Å². The highest BCUT2D eigenvalue weighted by Gasteiger charge is 2.39. The van der Waals surface area contributed by atoms with Crippen molar-refractivity contribution in [1.29, 1.82) is 0 Å². The molecule has 0 saturated carbocycles. The number of hydrogen-bond donors (Lipinski definition) is 0. The Balaban J connectivity index is 0.000000120. The van der Waals surface area contributed by atoms with Gasteiger partial charge in [0, 0.05) is 65.1 Å². The molecule has 101 heavy (non-hydrogen) atoms. The SMILES string of the molecule is Brc1cccc(-c2nc(-c3ccccc3)nc(-c3ccccc3)n2)c1.CC1(C)c2cc3c(cc2-c2c1ccc1ccccc21)-c1ccccc1C3.CC1(C)c2cc3c(cc2-c2c1ccc1ccccc21)c1ccccc1n3-c1cccc(-c2nc(-c3ccccc3)nc(-c3ccccc3)n2)c1. The maximum absolute atomic E-state index is 5.03.